The molecule has 0 saturated carbocycles. The second-order valence-corrected chi connectivity index (χ2v) is 4.75. The van der Waals surface area contributed by atoms with E-state index in [2.05, 4.69) is 16.3 Å². The molecule has 0 N–H and O–H groups in total. The average molecular weight is 275 g/mol. The SMILES string of the molecule is C=C(C)n1c(C)nc2c(c(C)cn2CC(=O)OC)c1=O. The highest BCUT2D eigenvalue weighted by molar-refractivity contribution is 5.82. The Morgan fingerprint density at radius 1 is 1.45 bits per heavy atom. The third kappa shape index (κ3) is 2.13. The first-order chi connectivity index (χ1) is 9.36. The molecule has 6 heteroatoms. The van der Waals surface area contributed by atoms with Crippen molar-refractivity contribution >= 4 is 22.7 Å². The van der Waals surface area contributed by atoms with Crippen molar-refractivity contribution in [2.24, 2.45) is 0 Å². The molecule has 0 saturated heterocycles. The maximum atomic E-state index is 12.5. The van der Waals surface area contributed by atoms with Crippen LogP contribution in [-0.4, -0.2) is 27.2 Å². The first-order valence-electron chi connectivity index (χ1n) is 6.18. The van der Waals surface area contributed by atoms with E-state index in [1.807, 2.05) is 6.92 Å². The first kappa shape index (κ1) is 14.0. The predicted octanol–water partition coefficient (Wildman–Crippen LogP) is 1.48. The summed E-state index contributed by atoms with van der Waals surface area (Å²) in [5, 5.41) is 0.502. The van der Waals surface area contributed by atoms with Gasteiger partial charge in [-0.05, 0) is 26.3 Å². The molecule has 2 aromatic heterocycles. The molecule has 0 aliphatic carbocycles. The number of fused-ring (bicyclic) bond motifs is 1. The number of hydrogen-bond acceptors (Lipinski definition) is 4. The molecule has 0 aromatic carbocycles. The Bertz CT molecular complexity index is 768. The van der Waals surface area contributed by atoms with E-state index >= 15 is 0 Å². The molecule has 0 fully saturated rings. The van der Waals surface area contributed by atoms with Crippen molar-refractivity contribution in [1.29, 1.82) is 0 Å². The summed E-state index contributed by atoms with van der Waals surface area (Å²) in [5.74, 6) is 0.157. The van der Waals surface area contributed by atoms with Gasteiger partial charge in [-0.2, -0.15) is 0 Å². The Hall–Kier alpha value is -2.37. The fourth-order valence-corrected chi connectivity index (χ4v) is 2.30. The van der Waals surface area contributed by atoms with Gasteiger partial charge in [0.25, 0.3) is 5.56 Å². The van der Waals surface area contributed by atoms with E-state index in [9.17, 15) is 9.59 Å². The number of allylic oxidation sites excluding steroid dienone is 1. The molecule has 2 rings (SSSR count). The van der Waals surface area contributed by atoms with E-state index in [-0.39, 0.29) is 18.1 Å². The van der Waals surface area contributed by atoms with E-state index in [1.165, 1.54) is 11.7 Å². The fourth-order valence-electron chi connectivity index (χ4n) is 2.30. The zero-order chi connectivity index (χ0) is 15.0. The number of nitrogens with zero attached hydrogens (tertiary/aromatic N) is 3. The zero-order valence-electron chi connectivity index (χ0n) is 12.1. The zero-order valence-corrected chi connectivity index (χ0v) is 12.1. The van der Waals surface area contributed by atoms with Crippen LogP contribution in [-0.2, 0) is 16.1 Å². The summed E-state index contributed by atoms with van der Waals surface area (Å²) in [7, 11) is 1.33. The van der Waals surface area contributed by atoms with Crippen molar-refractivity contribution in [3.8, 4) is 0 Å². The van der Waals surface area contributed by atoms with Crippen molar-refractivity contribution in [2.45, 2.75) is 27.3 Å². The molecule has 0 radical (unpaired) electrons. The minimum absolute atomic E-state index is 0.0316. The summed E-state index contributed by atoms with van der Waals surface area (Å²) in [6, 6.07) is 0. The van der Waals surface area contributed by atoms with Crippen molar-refractivity contribution in [1.82, 2.24) is 14.1 Å². The van der Waals surface area contributed by atoms with Crippen LogP contribution in [0, 0.1) is 13.8 Å². The second-order valence-electron chi connectivity index (χ2n) is 4.75. The Balaban J connectivity index is 2.76. The molecule has 0 aliphatic heterocycles. The molecule has 0 bridgehead atoms. The lowest BCUT2D eigenvalue weighted by Gasteiger charge is -2.09. The van der Waals surface area contributed by atoms with Gasteiger partial charge in [0.2, 0.25) is 0 Å². The number of rotatable bonds is 3. The summed E-state index contributed by atoms with van der Waals surface area (Å²) in [6.45, 7) is 9.13. The van der Waals surface area contributed by atoms with E-state index < -0.39 is 0 Å². The smallest absolute Gasteiger partial charge is 0.325 e. The molecule has 2 aromatic rings. The number of methoxy groups -OCH3 is 1. The maximum Gasteiger partial charge on any atom is 0.325 e. The van der Waals surface area contributed by atoms with Gasteiger partial charge < -0.3 is 9.30 Å². The van der Waals surface area contributed by atoms with Gasteiger partial charge in [-0.1, -0.05) is 6.58 Å². The van der Waals surface area contributed by atoms with Crippen LogP contribution < -0.4 is 5.56 Å². The van der Waals surface area contributed by atoms with Gasteiger partial charge in [0, 0.05) is 11.9 Å². The highest BCUT2D eigenvalue weighted by atomic mass is 16.5. The minimum Gasteiger partial charge on any atom is -0.468 e. The number of ether oxygens (including phenoxy) is 1. The lowest BCUT2D eigenvalue weighted by Crippen LogP contribution is -2.23. The number of carbonyl (C=O) groups excluding carboxylic acids is 1. The van der Waals surface area contributed by atoms with Crippen molar-refractivity contribution in [2.75, 3.05) is 7.11 Å². The third-order valence-electron chi connectivity index (χ3n) is 3.16. The van der Waals surface area contributed by atoms with E-state index in [0.717, 1.165) is 5.56 Å². The minimum atomic E-state index is -0.384. The quantitative estimate of drug-likeness (QED) is 0.796. The number of aromatic nitrogens is 3. The van der Waals surface area contributed by atoms with Crippen LogP contribution in [0.3, 0.4) is 0 Å². The van der Waals surface area contributed by atoms with Gasteiger partial charge in [-0.3, -0.25) is 14.2 Å². The molecule has 0 aliphatic rings. The Morgan fingerprint density at radius 2 is 2.10 bits per heavy atom. The molecule has 0 amide bonds. The van der Waals surface area contributed by atoms with Crippen LogP contribution in [0.4, 0.5) is 0 Å². The molecule has 0 atom stereocenters. The fraction of sp³-hybridized carbons (Fsp3) is 0.357. The van der Waals surface area contributed by atoms with Crippen LogP contribution >= 0.6 is 0 Å². The van der Waals surface area contributed by atoms with Gasteiger partial charge in [0.1, 0.15) is 18.0 Å². The highest BCUT2D eigenvalue weighted by Gasteiger charge is 2.16. The number of hydrogen-bond donors (Lipinski definition) is 0. The lowest BCUT2D eigenvalue weighted by atomic mass is 10.2. The van der Waals surface area contributed by atoms with Crippen LogP contribution in [0.2, 0.25) is 0 Å². The second kappa shape index (κ2) is 4.96. The third-order valence-corrected chi connectivity index (χ3v) is 3.16. The molecule has 6 nitrogen and oxygen atoms in total. The molecule has 20 heavy (non-hydrogen) atoms. The Labute approximate surface area is 116 Å². The summed E-state index contributed by atoms with van der Waals surface area (Å²) in [5.41, 5.74) is 1.72. The van der Waals surface area contributed by atoms with Gasteiger partial charge in [0.05, 0.1) is 12.5 Å². The standard InChI is InChI=1S/C14H17N3O3/c1-8(2)17-10(4)15-13-12(14(17)19)9(3)6-16(13)7-11(18)20-5/h6H,1,7H2,2-5H3. The highest BCUT2D eigenvalue weighted by Crippen LogP contribution is 2.17. The van der Waals surface area contributed by atoms with E-state index in [0.29, 0.717) is 22.6 Å². The number of esters is 1. The average Bonchev–Trinajstić information content (AvgIpc) is 2.65. The molecular weight excluding hydrogens is 258 g/mol. The van der Waals surface area contributed by atoms with Crippen molar-refractivity contribution in [3.63, 3.8) is 0 Å². The largest absolute Gasteiger partial charge is 0.468 e. The summed E-state index contributed by atoms with van der Waals surface area (Å²) in [6.07, 6.45) is 1.73. The predicted molar refractivity (Wildman–Crippen MR) is 76.5 cm³/mol. The first-order valence-corrected chi connectivity index (χ1v) is 6.18. The van der Waals surface area contributed by atoms with Gasteiger partial charge in [-0.25, -0.2) is 4.98 Å². The van der Waals surface area contributed by atoms with E-state index in [1.54, 1.807) is 24.6 Å². The van der Waals surface area contributed by atoms with Crippen LogP contribution in [0.1, 0.15) is 18.3 Å². The normalized spacial score (nSPS) is 10.8. The van der Waals surface area contributed by atoms with Crippen LogP contribution in [0.15, 0.2) is 17.6 Å². The summed E-state index contributed by atoms with van der Waals surface area (Å²) in [4.78, 5) is 28.3. The molecule has 2 heterocycles. The van der Waals surface area contributed by atoms with Crippen LogP contribution in [0.25, 0.3) is 16.7 Å². The Kier molecular flexibility index (Phi) is 3.48. The summed E-state index contributed by atoms with van der Waals surface area (Å²) < 4.78 is 7.75. The number of carbonyl (C=O) groups is 1. The maximum absolute atomic E-state index is 12.5. The topological polar surface area (TPSA) is 66.1 Å². The molecular formula is C14H17N3O3. The Morgan fingerprint density at radius 3 is 2.65 bits per heavy atom. The number of aryl methyl sites for hydroxylation is 2. The van der Waals surface area contributed by atoms with Gasteiger partial charge in [-0.15, -0.1) is 0 Å². The van der Waals surface area contributed by atoms with Crippen molar-refractivity contribution < 1.29 is 9.53 Å². The monoisotopic (exact) mass is 275 g/mol. The lowest BCUT2D eigenvalue weighted by molar-refractivity contribution is -0.141. The summed E-state index contributed by atoms with van der Waals surface area (Å²) >= 11 is 0. The van der Waals surface area contributed by atoms with Crippen LogP contribution in [0.5, 0.6) is 0 Å². The van der Waals surface area contributed by atoms with E-state index in [4.69, 9.17) is 0 Å². The van der Waals surface area contributed by atoms with Gasteiger partial charge >= 0.3 is 5.97 Å². The van der Waals surface area contributed by atoms with Gasteiger partial charge in [0.15, 0.2) is 0 Å². The van der Waals surface area contributed by atoms with Crippen molar-refractivity contribution in [3.05, 3.63) is 34.5 Å². The molecule has 0 unspecified atom stereocenters. The molecule has 106 valence electrons. The molecule has 0 spiro atoms.